The van der Waals surface area contributed by atoms with Crippen molar-refractivity contribution in [2.75, 3.05) is 12.0 Å². The molecule has 0 saturated carbocycles. The number of carboxylic acid groups (broad SMARTS) is 1. The summed E-state index contributed by atoms with van der Waals surface area (Å²) in [6.45, 7) is 0. The molecule has 0 aromatic carbocycles. The van der Waals surface area contributed by atoms with Gasteiger partial charge in [0.1, 0.15) is 11.4 Å². The molecule has 112 valence electrons. The number of fused-ring (bicyclic) bond motifs is 1. The molecule has 2 heterocycles. The third-order valence-corrected chi connectivity index (χ3v) is 5.55. The van der Waals surface area contributed by atoms with Gasteiger partial charge in [0, 0.05) is 5.75 Å². The van der Waals surface area contributed by atoms with Crippen LogP contribution in [-0.4, -0.2) is 51.4 Å². The zero-order chi connectivity index (χ0) is 15.7. The second-order valence-electron chi connectivity index (χ2n) is 4.18. The molecule has 3 atom stereocenters. The van der Waals surface area contributed by atoms with Gasteiger partial charge in [0.25, 0.3) is 5.91 Å². The molecule has 0 aliphatic carbocycles. The third-order valence-electron chi connectivity index (χ3n) is 3.00. The van der Waals surface area contributed by atoms with Crippen molar-refractivity contribution >= 4 is 52.9 Å². The molecular weight excluding hydrogens is 377 g/mol. The van der Waals surface area contributed by atoms with Crippen molar-refractivity contribution in [2.24, 2.45) is 0 Å². The van der Waals surface area contributed by atoms with Crippen LogP contribution in [0.5, 0.6) is 0 Å². The summed E-state index contributed by atoms with van der Waals surface area (Å²) in [6, 6.07) is 0.954. The number of nitrogens with zero attached hydrogens (tertiary/aromatic N) is 2. The number of hydrogen-bond donors (Lipinski definition) is 1. The van der Waals surface area contributed by atoms with Crippen molar-refractivity contribution < 1.29 is 70.9 Å². The van der Waals surface area contributed by atoms with Crippen molar-refractivity contribution in [3.8, 4) is 6.07 Å². The van der Waals surface area contributed by atoms with E-state index in [1.165, 1.54) is 11.8 Å². The van der Waals surface area contributed by atoms with E-state index in [9.17, 15) is 19.5 Å². The fourth-order valence-corrected chi connectivity index (χ4v) is 3.95. The molecule has 0 radical (unpaired) electrons. The Labute approximate surface area is 182 Å². The minimum absolute atomic E-state index is 0. The summed E-state index contributed by atoms with van der Waals surface area (Å²) >= 11 is 8.09. The van der Waals surface area contributed by atoms with E-state index in [-0.39, 0.29) is 67.9 Å². The number of thioether (sulfide) groups is 2. The Balaban J connectivity index is 0.00000242. The first-order valence-corrected chi connectivity index (χ1v) is 8.41. The molecule has 1 fully saturated rings. The van der Waals surface area contributed by atoms with Crippen LogP contribution in [0.25, 0.3) is 0 Å². The third kappa shape index (κ3) is 3.67. The number of β-lactam (4-membered cyclic amide) rings is 1. The van der Waals surface area contributed by atoms with Crippen molar-refractivity contribution in [1.82, 2.24) is 10.2 Å². The first kappa shape index (κ1) is 20.3. The van der Waals surface area contributed by atoms with Crippen molar-refractivity contribution in [2.45, 2.75) is 16.7 Å². The Bertz CT molecular complexity index is 594. The molecular formula is C11H9ClKN3O4S2. The van der Waals surface area contributed by atoms with Gasteiger partial charge in [-0.3, -0.25) is 14.5 Å². The number of rotatable bonds is 4. The second kappa shape index (κ2) is 8.39. The van der Waals surface area contributed by atoms with Gasteiger partial charge in [0.15, 0.2) is 5.25 Å². The van der Waals surface area contributed by atoms with Crippen molar-refractivity contribution in [1.29, 1.82) is 5.26 Å². The monoisotopic (exact) mass is 385 g/mol. The number of nitriles is 1. The minimum Gasteiger partial charge on any atom is -0.543 e. The molecule has 0 aromatic heterocycles. The van der Waals surface area contributed by atoms with Crippen molar-refractivity contribution in [3.63, 3.8) is 0 Å². The fraction of sp³-hybridized carbons (Fsp3) is 0.455. The molecule has 0 spiro atoms. The van der Waals surface area contributed by atoms with Gasteiger partial charge in [0.05, 0.1) is 22.8 Å². The van der Waals surface area contributed by atoms with Gasteiger partial charge in [-0.1, -0.05) is 11.6 Å². The molecule has 2 aliphatic rings. The van der Waals surface area contributed by atoms with Gasteiger partial charge in [-0.15, -0.1) is 23.5 Å². The number of nitrogens with one attached hydrogen (secondary N) is 1. The number of halogens is 1. The number of amides is 2. The van der Waals surface area contributed by atoms with Gasteiger partial charge in [-0.05, 0) is 6.26 Å². The smallest absolute Gasteiger partial charge is 0.543 e. The maximum Gasteiger partial charge on any atom is 1.00 e. The summed E-state index contributed by atoms with van der Waals surface area (Å²) in [5.41, 5.74) is -0.349. The first-order valence-electron chi connectivity index (χ1n) is 5.69. The standard InChI is InChI=1S/C11H10ClN3O4S2.K/c1-20-5(2-13)8(16)14-6-9(17)15-7(11(18)19)4(12)3-21-10(6)15;/h5-6,10H,3H2,1H3,(H,14,16)(H,18,19);/q;+1/p-1/t5?,6?,10-;/m0./s1. The fourth-order valence-electron chi connectivity index (χ4n) is 2.02. The zero-order valence-corrected chi connectivity index (χ0v) is 17.2. The van der Waals surface area contributed by atoms with Crippen LogP contribution in [0.2, 0.25) is 0 Å². The van der Waals surface area contributed by atoms with E-state index in [1.54, 1.807) is 6.26 Å². The predicted molar refractivity (Wildman–Crippen MR) is 75.8 cm³/mol. The summed E-state index contributed by atoms with van der Waals surface area (Å²) in [4.78, 5) is 35.9. The molecule has 1 saturated heterocycles. The predicted octanol–water partition coefficient (Wildman–Crippen LogP) is -4.15. The van der Waals surface area contributed by atoms with Crippen LogP contribution >= 0.6 is 35.1 Å². The molecule has 1 N–H and O–H groups in total. The summed E-state index contributed by atoms with van der Waals surface area (Å²) < 4.78 is 0. The number of aliphatic carboxylic acids is 1. The van der Waals surface area contributed by atoms with E-state index in [0.717, 1.165) is 16.7 Å². The molecule has 0 bridgehead atoms. The van der Waals surface area contributed by atoms with Gasteiger partial charge in [-0.2, -0.15) is 5.26 Å². The van der Waals surface area contributed by atoms with E-state index >= 15 is 0 Å². The molecule has 2 rings (SSSR count). The Morgan fingerprint density at radius 1 is 1.64 bits per heavy atom. The van der Waals surface area contributed by atoms with Crippen LogP contribution < -0.4 is 61.8 Å². The first-order chi connectivity index (χ1) is 9.92. The molecule has 22 heavy (non-hydrogen) atoms. The normalized spacial score (nSPS) is 24.4. The Kier molecular flexibility index (Phi) is 7.75. The summed E-state index contributed by atoms with van der Waals surface area (Å²) in [5.74, 6) is -2.45. The van der Waals surface area contributed by atoms with Gasteiger partial charge < -0.3 is 15.2 Å². The second-order valence-corrected chi connectivity index (χ2v) is 6.69. The van der Waals surface area contributed by atoms with E-state index in [2.05, 4.69) is 5.32 Å². The van der Waals surface area contributed by atoms with E-state index in [1.807, 2.05) is 6.07 Å². The number of carbonyl (C=O) groups is 3. The van der Waals surface area contributed by atoms with E-state index in [4.69, 9.17) is 16.9 Å². The maximum atomic E-state index is 12.0. The minimum atomic E-state index is -1.53. The van der Waals surface area contributed by atoms with Crippen LogP contribution in [0.4, 0.5) is 0 Å². The molecule has 7 nitrogen and oxygen atoms in total. The van der Waals surface area contributed by atoms with Crippen LogP contribution in [0.15, 0.2) is 10.7 Å². The largest absolute Gasteiger partial charge is 1.00 e. The van der Waals surface area contributed by atoms with Crippen molar-refractivity contribution in [3.05, 3.63) is 10.7 Å². The Morgan fingerprint density at radius 3 is 2.77 bits per heavy atom. The molecule has 0 aromatic rings. The SMILES string of the molecule is CSC(C#N)C(=O)NC1C(=O)N2C(C(=O)[O-])=C(Cl)CS[C@@H]12.[K+]. The van der Waals surface area contributed by atoms with Crippen LogP contribution in [0.1, 0.15) is 0 Å². The molecule has 11 heteroatoms. The summed E-state index contributed by atoms with van der Waals surface area (Å²) in [6.07, 6.45) is 1.61. The van der Waals surface area contributed by atoms with E-state index < -0.39 is 34.4 Å². The zero-order valence-electron chi connectivity index (χ0n) is 11.7. The van der Waals surface area contributed by atoms with Crippen LogP contribution in [-0.2, 0) is 14.4 Å². The number of carboxylic acids is 1. The number of carbonyl (C=O) groups excluding carboxylic acids is 3. The number of hydrogen-bond acceptors (Lipinski definition) is 7. The molecule has 2 aliphatic heterocycles. The molecule has 2 amide bonds. The Morgan fingerprint density at radius 2 is 2.27 bits per heavy atom. The summed E-state index contributed by atoms with van der Waals surface area (Å²) in [7, 11) is 0. The average Bonchev–Trinajstić information content (AvgIpc) is 2.45. The van der Waals surface area contributed by atoms with E-state index in [0.29, 0.717) is 0 Å². The summed E-state index contributed by atoms with van der Waals surface area (Å²) in [5, 5.41) is 20.9. The van der Waals surface area contributed by atoms with Crippen LogP contribution in [0.3, 0.4) is 0 Å². The average molecular weight is 386 g/mol. The van der Waals surface area contributed by atoms with Gasteiger partial charge >= 0.3 is 51.4 Å². The maximum absolute atomic E-state index is 12.0. The quantitative estimate of drug-likeness (QED) is 0.386. The molecule has 2 unspecified atom stereocenters. The van der Waals surface area contributed by atoms with Gasteiger partial charge in [-0.25, -0.2) is 0 Å². The topological polar surface area (TPSA) is 113 Å². The van der Waals surface area contributed by atoms with Gasteiger partial charge in [0.2, 0.25) is 5.91 Å². The van der Waals surface area contributed by atoms with Crippen LogP contribution in [0, 0.1) is 11.3 Å². The Hall–Kier alpha value is 0.266.